The minimum Gasteiger partial charge on any atom is -0.505 e. The van der Waals surface area contributed by atoms with Crippen molar-refractivity contribution in [3.8, 4) is 33.9 Å². The average molecular weight is 808 g/mol. The number of aromatic carboxylic acids is 1. The number of nitrogens with one attached hydrogen (secondary N) is 3. The van der Waals surface area contributed by atoms with E-state index in [1.807, 2.05) is 63.2 Å². The zero-order valence-electron chi connectivity index (χ0n) is 32.3. The second-order valence-electron chi connectivity index (χ2n) is 15.2. The summed E-state index contributed by atoms with van der Waals surface area (Å²) in [4.78, 5) is 51.8. The minimum atomic E-state index is -1.45. The van der Waals surface area contributed by atoms with E-state index < -0.39 is 40.7 Å². The summed E-state index contributed by atoms with van der Waals surface area (Å²) in [6.07, 6.45) is 0. The normalized spacial score (nSPS) is 11.6. The molecule has 2 heterocycles. The zero-order chi connectivity index (χ0) is 42.5. The van der Waals surface area contributed by atoms with E-state index in [0.717, 1.165) is 41.1 Å². The SMILES string of the molecule is CC(C)(C)c1cc(NC(=O)Nc2cccc3ccccc23)n(-c2cccc(CNC(=O)c3ccc(-c4c5cc(F)c(=O)cc-5oc5cc(O)c(F)cc45)c(C(=O)O)c3)c2)n1. The number of amides is 3. The number of anilines is 2. The third kappa shape index (κ3) is 7.49. The van der Waals surface area contributed by atoms with Gasteiger partial charge in [0.2, 0.25) is 5.43 Å². The van der Waals surface area contributed by atoms with E-state index in [-0.39, 0.29) is 56.5 Å². The molecule has 8 rings (SSSR count). The summed E-state index contributed by atoms with van der Waals surface area (Å²) >= 11 is 0. The summed E-state index contributed by atoms with van der Waals surface area (Å²) in [5.41, 5.74) is 0.711. The lowest BCUT2D eigenvalue weighted by atomic mass is 9.89. The van der Waals surface area contributed by atoms with E-state index in [0.29, 0.717) is 28.5 Å². The molecule has 300 valence electrons. The number of phenols is 1. The van der Waals surface area contributed by atoms with Gasteiger partial charge < -0.3 is 25.3 Å². The molecule has 0 radical (unpaired) electrons. The van der Waals surface area contributed by atoms with Gasteiger partial charge >= 0.3 is 12.0 Å². The van der Waals surface area contributed by atoms with Crippen molar-refractivity contribution < 1.29 is 37.8 Å². The molecule has 14 heteroatoms. The Balaban J connectivity index is 1.07. The number of carbonyl (C=O) groups excluding carboxylic acids is 2. The van der Waals surface area contributed by atoms with Crippen LogP contribution >= 0.6 is 0 Å². The number of carboxylic acid groups (broad SMARTS) is 1. The summed E-state index contributed by atoms with van der Waals surface area (Å²) in [6, 6.07) is 29.3. The standard InChI is InChI=1S/C46H35F2N5O7/c1-46(2,3)40-22-41(51-45(59)50-35-13-7-10-25-9-4-5-12-28(25)35)53(52-40)27-11-6-8-24(16-27)23-49-43(56)26-14-15-29(30(17-26)44(57)58)42-31-18-33(47)36(54)20-38(31)60-39-21-37(55)34(48)19-32(39)42/h4-22,54H,23H2,1-3H3,(H,49,56)(H,57,58)(H2,50,51,59). The lowest BCUT2D eigenvalue weighted by molar-refractivity contribution is 0.0697. The fourth-order valence-electron chi connectivity index (χ4n) is 6.99. The van der Waals surface area contributed by atoms with Crippen LogP contribution in [0.5, 0.6) is 5.75 Å². The predicted octanol–water partition coefficient (Wildman–Crippen LogP) is 9.46. The Bertz CT molecular complexity index is 3070. The van der Waals surface area contributed by atoms with Crippen molar-refractivity contribution in [3.05, 3.63) is 160 Å². The second kappa shape index (κ2) is 15.1. The first-order chi connectivity index (χ1) is 28.6. The van der Waals surface area contributed by atoms with Crippen LogP contribution in [0.1, 0.15) is 52.7 Å². The van der Waals surface area contributed by atoms with E-state index in [1.54, 1.807) is 35.0 Å². The predicted molar refractivity (Wildman–Crippen MR) is 223 cm³/mol. The van der Waals surface area contributed by atoms with Gasteiger partial charge in [-0.1, -0.05) is 75.4 Å². The molecule has 0 atom stereocenters. The Morgan fingerprint density at radius 1 is 0.800 bits per heavy atom. The van der Waals surface area contributed by atoms with Crippen molar-refractivity contribution in [2.45, 2.75) is 32.7 Å². The highest BCUT2D eigenvalue weighted by molar-refractivity contribution is 6.09. The number of hydrogen-bond donors (Lipinski definition) is 5. The monoisotopic (exact) mass is 807 g/mol. The molecule has 5 N–H and O–H groups in total. The van der Waals surface area contributed by atoms with Crippen LogP contribution in [-0.2, 0) is 12.0 Å². The number of phenolic OH excluding ortho intramolecular Hbond substituents is 1. The highest BCUT2D eigenvalue weighted by Gasteiger charge is 2.26. The van der Waals surface area contributed by atoms with Crippen molar-refractivity contribution in [1.82, 2.24) is 15.1 Å². The Morgan fingerprint density at radius 3 is 2.35 bits per heavy atom. The van der Waals surface area contributed by atoms with Gasteiger partial charge in [0, 0.05) is 57.6 Å². The molecule has 0 spiro atoms. The number of benzene rings is 6. The number of carbonyl (C=O) groups is 3. The van der Waals surface area contributed by atoms with Crippen LogP contribution in [-0.4, -0.2) is 37.9 Å². The highest BCUT2D eigenvalue weighted by Crippen LogP contribution is 2.43. The van der Waals surface area contributed by atoms with Crippen molar-refractivity contribution in [2.24, 2.45) is 0 Å². The smallest absolute Gasteiger partial charge is 0.336 e. The van der Waals surface area contributed by atoms with Gasteiger partial charge in [0.1, 0.15) is 17.2 Å². The highest BCUT2D eigenvalue weighted by atomic mass is 19.1. The molecule has 0 saturated heterocycles. The van der Waals surface area contributed by atoms with E-state index in [2.05, 4.69) is 16.0 Å². The number of aromatic nitrogens is 2. The molecule has 0 fully saturated rings. The number of fused-ring (bicyclic) bond motifs is 3. The molecule has 12 nitrogen and oxygen atoms in total. The van der Waals surface area contributed by atoms with Crippen LogP contribution < -0.4 is 21.4 Å². The molecular weight excluding hydrogens is 773 g/mol. The number of aromatic hydroxyl groups is 1. The van der Waals surface area contributed by atoms with Crippen LogP contribution in [0.2, 0.25) is 0 Å². The third-order valence-corrected chi connectivity index (χ3v) is 9.99. The van der Waals surface area contributed by atoms with Gasteiger partial charge in [-0.15, -0.1) is 0 Å². The quantitative estimate of drug-likeness (QED) is 0.0944. The van der Waals surface area contributed by atoms with Crippen molar-refractivity contribution >= 4 is 51.2 Å². The van der Waals surface area contributed by atoms with Gasteiger partial charge in [-0.3, -0.25) is 14.9 Å². The van der Waals surface area contributed by atoms with Gasteiger partial charge in [0.15, 0.2) is 17.4 Å². The van der Waals surface area contributed by atoms with E-state index in [9.17, 15) is 38.2 Å². The summed E-state index contributed by atoms with van der Waals surface area (Å²) < 4.78 is 36.6. The van der Waals surface area contributed by atoms with E-state index in [1.165, 1.54) is 12.1 Å². The van der Waals surface area contributed by atoms with Gasteiger partial charge in [-0.05, 0) is 59.0 Å². The van der Waals surface area contributed by atoms with Crippen LogP contribution in [0.15, 0.2) is 124 Å². The summed E-state index contributed by atoms with van der Waals surface area (Å²) in [5.74, 6) is -4.74. The fourth-order valence-corrected chi connectivity index (χ4v) is 6.99. The Kier molecular flexibility index (Phi) is 9.83. The first kappa shape index (κ1) is 39.0. The first-order valence-corrected chi connectivity index (χ1v) is 18.6. The van der Waals surface area contributed by atoms with E-state index >= 15 is 0 Å². The number of rotatable bonds is 8. The fraction of sp³-hybridized carbons (Fsp3) is 0.109. The van der Waals surface area contributed by atoms with Crippen LogP contribution in [0.25, 0.3) is 49.9 Å². The van der Waals surface area contributed by atoms with Crippen LogP contribution in [0, 0.1) is 11.6 Å². The molecular formula is C46H35F2N5O7. The van der Waals surface area contributed by atoms with Gasteiger partial charge in [-0.25, -0.2) is 23.1 Å². The largest absolute Gasteiger partial charge is 0.505 e. The molecule has 1 aromatic heterocycles. The number of halogens is 2. The van der Waals surface area contributed by atoms with Crippen LogP contribution in [0.4, 0.5) is 25.1 Å². The topological polar surface area (TPSA) is 176 Å². The van der Waals surface area contributed by atoms with Gasteiger partial charge in [0.05, 0.1) is 22.6 Å². The second-order valence-corrected chi connectivity index (χ2v) is 15.2. The Morgan fingerprint density at radius 2 is 1.57 bits per heavy atom. The molecule has 6 aromatic rings. The molecule has 3 amide bonds. The molecule has 0 unspecified atom stereocenters. The molecule has 0 bridgehead atoms. The minimum absolute atomic E-state index is 0.00830. The lowest BCUT2D eigenvalue weighted by Gasteiger charge is -2.17. The number of urea groups is 1. The summed E-state index contributed by atoms with van der Waals surface area (Å²) in [7, 11) is 0. The summed E-state index contributed by atoms with van der Waals surface area (Å²) in [5, 5.41) is 35.7. The van der Waals surface area contributed by atoms with Crippen molar-refractivity contribution in [3.63, 3.8) is 0 Å². The number of hydrogen-bond acceptors (Lipinski definition) is 7. The molecule has 1 aliphatic heterocycles. The Labute approximate surface area is 340 Å². The first-order valence-electron chi connectivity index (χ1n) is 18.6. The maximum absolute atomic E-state index is 14.7. The van der Waals surface area contributed by atoms with Gasteiger partial charge in [0.25, 0.3) is 5.91 Å². The molecule has 60 heavy (non-hydrogen) atoms. The molecule has 5 aromatic carbocycles. The lowest BCUT2D eigenvalue weighted by Crippen LogP contribution is -2.23. The summed E-state index contributed by atoms with van der Waals surface area (Å²) in [6.45, 7) is 6.03. The Hall–Kier alpha value is -7.87. The van der Waals surface area contributed by atoms with Crippen molar-refractivity contribution in [2.75, 3.05) is 10.6 Å². The number of nitrogens with zero attached hydrogens (tertiary/aromatic N) is 2. The molecule has 0 saturated carbocycles. The zero-order valence-corrected chi connectivity index (χ0v) is 32.3. The maximum atomic E-state index is 14.7. The average Bonchev–Trinajstić information content (AvgIpc) is 3.65. The number of carboxylic acids is 1. The van der Waals surface area contributed by atoms with Crippen LogP contribution in [0.3, 0.4) is 0 Å². The van der Waals surface area contributed by atoms with E-state index in [4.69, 9.17) is 9.52 Å². The molecule has 2 aliphatic rings. The molecule has 1 aliphatic carbocycles. The third-order valence-electron chi connectivity index (χ3n) is 9.99. The maximum Gasteiger partial charge on any atom is 0.336 e. The van der Waals surface area contributed by atoms with Crippen molar-refractivity contribution in [1.29, 1.82) is 0 Å². The van der Waals surface area contributed by atoms with Gasteiger partial charge in [-0.2, -0.15) is 5.10 Å².